The first-order chi connectivity index (χ1) is 10.6. The van der Waals surface area contributed by atoms with E-state index >= 15 is 0 Å². The first-order valence-electron chi connectivity index (χ1n) is 7.15. The Morgan fingerprint density at radius 3 is 2.73 bits per heavy atom. The van der Waals surface area contributed by atoms with E-state index in [4.69, 9.17) is 8.83 Å². The van der Waals surface area contributed by atoms with Crippen LogP contribution in [0.15, 0.2) is 57.4 Å². The van der Waals surface area contributed by atoms with Crippen molar-refractivity contribution >= 4 is 23.0 Å². The number of carbonyl (C=O) groups is 1. The second-order valence-electron chi connectivity index (χ2n) is 5.20. The molecule has 0 aliphatic heterocycles. The molecule has 4 heteroatoms. The van der Waals surface area contributed by atoms with Gasteiger partial charge in [-0.1, -0.05) is 18.2 Å². The lowest BCUT2D eigenvalue weighted by Crippen LogP contribution is -2.24. The lowest BCUT2D eigenvalue weighted by molar-refractivity contribution is -0.117. The Hall–Kier alpha value is -2.75. The van der Waals surface area contributed by atoms with Gasteiger partial charge in [0.15, 0.2) is 0 Å². The third kappa shape index (κ3) is 3.11. The number of fused-ring (bicyclic) bond motifs is 1. The number of amides is 1. The monoisotopic (exact) mass is 295 g/mol. The van der Waals surface area contributed by atoms with Crippen LogP contribution in [0.2, 0.25) is 0 Å². The molecule has 0 spiro atoms. The molecule has 3 rings (SSSR count). The second-order valence-corrected chi connectivity index (χ2v) is 5.20. The first-order valence-corrected chi connectivity index (χ1v) is 7.15. The summed E-state index contributed by atoms with van der Waals surface area (Å²) < 4.78 is 11.1. The van der Waals surface area contributed by atoms with Crippen LogP contribution in [0.4, 0.5) is 0 Å². The molecule has 112 valence electrons. The Labute approximate surface area is 128 Å². The minimum atomic E-state index is -0.206. The van der Waals surface area contributed by atoms with Gasteiger partial charge in [-0.3, -0.25) is 4.79 Å². The zero-order valence-electron chi connectivity index (χ0n) is 12.5. The summed E-state index contributed by atoms with van der Waals surface area (Å²) in [5.41, 5.74) is 0.820. The molecule has 1 amide bonds. The molecule has 0 bridgehead atoms. The van der Waals surface area contributed by atoms with E-state index < -0.39 is 0 Å². The van der Waals surface area contributed by atoms with Crippen LogP contribution in [0.25, 0.3) is 17.0 Å². The van der Waals surface area contributed by atoms with Crippen LogP contribution in [-0.4, -0.2) is 5.91 Å². The van der Waals surface area contributed by atoms with Gasteiger partial charge in [-0.2, -0.15) is 0 Å². The maximum Gasteiger partial charge on any atom is 0.244 e. The SMILES string of the molecule is Cc1ccc(C=CC(=O)NC(C)c2cc3ccccc3o2)o1. The van der Waals surface area contributed by atoms with Gasteiger partial charge in [-0.05, 0) is 44.2 Å². The van der Waals surface area contributed by atoms with Gasteiger partial charge in [0.1, 0.15) is 22.9 Å². The Kier molecular flexibility index (Phi) is 3.83. The summed E-state index contributed by atoms with van der Waals surface area (Å²) in [6.45, 7) is 3.75. The van der Waals surface area contributed by atoms with Gasteiger partial charge in [0.05, 0.1) is 6.04 Å². The average molecular weight is 295 g/mol. The van der Waals surface area contributed by atoms with E-state index in [0.29, 0.717) is 5.76 Å². The summed E-state index contributed by atoms with van der Waals surface area (Å²) in [5.74, 6) is 2.01. The second kappa shape index (κ2) is 5.93. The highest BCUT2D eigenvalue weighted by atomic mass is 16.3. The van der Waals surface area contributed by atoms with E-state index in [-0.39, 0.29) is 11.9 Å². The van der Waals surface area contributed by atoms with Crippen molar-refractivity contribution in [2.75, 3.05) is 0 Å². The number of benzene rings is 1. The van der Waals surface area contributed by atoms with Crippen LogP contribution in [0.1, 0.15) is 30.2 Å². The van der Waals surface area contributed by atoms with Crippen molar-refractivity contribution in [1.29, 1.82) is 0 Å². The summed E-state index contributed by atoms with van der Waals surface area (Å²) in [4.78, 5) is 11.9. The van der Waals surface area contributed by atoms with Gasteiger partial charge >= 0.3 is 0 Å². The van der Waals surface area contributed by atoms with Crippen LogP contribution in [0.5, 0.6) is 0 Å². The molecule has 0 aliphatic rings. The Balaban J connectivity index is 1.66. The van der Waals surface area contributed by atoms with Crippen molar-refractivity contribution in [3.63, 3.8) is 0 Å². The average Bonchev–Trinajstić information content (AvgIpc) is 3.11. The van der Waals surface area contributed by atoms with Gasteiger partial charge in [0.2, 0.25) is 5.91 Å². The highest BCUT2D eigenvalue weighted by Gasteiger charge is 2.12. The van der Waals surface area contributed by atoms with Crippen LogP contribution in [-0.2, 0) is 4.79 Å². The van der Waals surface area contributed by atoms with E-state index in [1.54, 1.807) is 6.08 Å². The predicted molar refractivity (Wildman–Crippen MR) is 85.3 cm³/mol. The largest absolute Gasteiger partial charge is 0.462 e. The maximum absolute atomic E-state index is 11.9. The van der Waals surface area contributed by atoms with E-state index in [9.17, 15) is 4.79 Å². The first kappa shape index (κ1) is 14.2. The number of rotatable bonds is 4. The van der Waals surface area contributed by atoms with Crippen molar-refractivity contribution in [3.05, 3.63) is 65.8 Å². The highest BCUT2D eigenvalue weighted by Crippen LogP contribution is 2.23. The standard InChI is InChI=1S/C18H17NO3/c1-12-7-8-15(21-12)9-10-18(20)19-13(2)17-11-14-5-3-4-6-16(14)22-17/h3-11,13H,1-2H3,(H,19,20). The zero-order valence-corrected chi connectivity index (χ0v) is 12.5. The van der Waals surface area contributed by atoms with Crippen LogP contribution >= 0.6 is 0 Å². The smallest absolute Gasteiger partial charge is 0.244 e. The molecule has 0 aliphatic carbocycles. The summed E-state index contributed by atoms with van der Waals surface area (Å²) >= 11 is 0. The zero-order chi connectivity index (χ0) is 15.5. The molecule has 1 atom stereocenters. The molecule has 0 fully saturated rings. The fraction of sp³-hybridized carbons (Fsp3) is 0.167. The molecular formula is C18H17NO3. The Morgan fingerprint density at radius 2 is 2.00 bits per heavy atom. The normalized spacial score (nSPS) is 12.8. The molecule has 3 aromatic rings. The molecule has 0 radical (unpaired) electrons. The maximum atomic E-state index is 11.9. The number of hydrogen-bond acceptors (Lipinski definition) is 3. The fourth-order valence-corrected chi connectivity index (χ4v) is 2.25. The number of hydrogen-bond donors (Lipinski definition) is 1. The lowest BCUT2D eigenvalue weighted by Gasteiger charge is -2.08. The predicted octanol–water partition coefficient (Wildman–Crippen LogP) is 4.22. The van der Waals surface area contributed by atoms with Crippen molar-refractivity contribution in [3.8, 4) is 0 Å². The van der Waals surface area contributed by atoms with Gasteiger partial charge in [-0.15, -0.1) is 0 Å². The summed E-state index contributed by atoms with van der Waals surface area (Å²) in [6, 6.07) is 13.2. The Morgan fingerprint density at radius 1 is 1.18 bits per heavy atom. The molecule has 2 aromatic heterocycles. The molecule has 1 unspecified atom stereocenters. The van der Waals surface area contributed by atoms with Crippen molar-refractivity contribution < 1.29 is 13.6 Å². The molecule has 0 saturated heterocycles. The van der Waals surface area contributed by atoms with Gasteiger partial charge < -0.3 is 14.2 Å². The van der Waals surface area contributed by atoms with Gasteiger partial charge in [0.25, 0.3) is 0 Å². The van der Waals surface area contributed by atoms with Crippen LogP contribution < -0.4 is 5.32 Å². The summed E-state index contributed by atoms with van der Waals surface area (Å²) in [6.07, 6.45) is 3.10. The highest BCUT2D eigenvalue weighted by molar-refractivity contribution is 5.91. The fourth-order valence-electron chi connectivity index (χ4n) is 2.25. The van der Waals surface area contributed by atoms with Gasteiger partial charge in [0, 0.05) is 11.5 Å². The molecule has 4 nitrogen and oxygen atoms in total. The number of para-hydroxylation sites is 1. The number of furan rings is 2. The van der Waals surface area contributed by atoms with Crippen molar-refractivity contribution in [2.24, 2.45) is 0 Å². The third-order valence-electron chi connectivity index (χ3n) is 3.39. The molecular weight excluding hydrogens is 278 g/mol. The Bertz CT molecular complexity index is 793. The number of aryl methyl sites for hydroxylation is 1. The minimum absolute atomic E-state index is 0.193. The molecule has 2 heterocycles. The van der Waals surface area contributed by atoms with Crippen molar-refractivity contribution in [1.82, 2.24) is 5.32 Å². The van der Waals surface area contributed by atoms with E-state index in [2.05, 4.69) is 5.32 Å². The van der Waals surface area contributed by atoms with Crippen LogP contribution in [0, 0.1) is 6.92 Å². The molecule has 1 N–H and O–H groups in total. The quantitative estimate of drug-likeness (QED) is 0.733. The van der Waals surface area contributed by atoms with E-state index in [1.165, 1.54) is 6.08 Å². The topological polar surface area (TPSA) is 55.4 Å². The number of carbonyl (C=O) groups excluding carboxylic acids is 1. The van der Waals surface area contributed by atoms with E-state index in [1.807, 2.05) is 56.3 Å². The molecule has 1 aromatic carbocycles. The molecule has 0 saturated carbocycles. The van der Waals surface area contributed by atoms with Crippen LogP contribution in [0.3, 0.4) is 0 Å². The van der Waals surface area contributed by atoms with E-state index in [0.717, 1.165) is 22.5 Å². The summed E-state index contributed by atoms with van der Waals surface area (Å²) in [7, 11) is 0. The van der Waals surface area contributed by atoms with Crippen molar-refractivity contribution in [2.45, 2.75) is 19.9 Å². The third-order valence-corrected chi connectivity index (χ3v) is 3.39. The number of nitrogens with one attached hydrogen (secondary N) is 1. The lowest BCUT2D eigenvalue weighted by atomic mass is 10.2. The van der Waals surface area contributed by atoms with Gasteiger partial charge in [-0.25, -0.2) is 0 Å². The molecule has 22 heavy (non-hydrogen) atoms. The summed E-state index contributed by atoms with van der Waals surface area (Å²) in [5, 5.41) is 3.90. The minimum Gasteiger partial charge on any atom is -0.462 e.